The van der Waals surface area contributed by atoms with Crippen molar-refractivity contribution in [3.05, 3.63) is 0 Å². The molecule has 0 saturated carbocycles. The quantitative estimate of drug-likeness (QED) is 0.672. The SMILES string of the molecule is CCC1(C)CC(=O)N(CN2CCOCC2)C1=O. The average Bonchev–Trinajstić information content (AvgIpc) is 2.55. The van der Waals surface area contributed by atoms with E-state index in [2.05, 4.69) is 4.90 Å². The summed E-state index contributed by atoms with van der Waals surface area (Å²) in [7, 11) is 0. The van der Waals surface area contributed by atoms with Gasteiger partial charge in [0, 0.05) is 19.5 Å². The van der Waals surface area contributed by atoms with E-state index in [0.29, 0.717) is 26.3 Å². The Morgan fingerprint density at radius 2 is 1.94 bits per heavy atom. The molecule has 2 aliphatic heterocycles. The minimum Gasteiger partial charge on any atom is -0.379 e. The Hall–Kier alpha value is -0.940. The lowest BCUT2D eigenvalue weighted by molar-refractivity contribution is -0.144. The van der Waals surface area contributed by atoms with Gasteiger partial charge in [0.05, 0.1) is 25.3 Å². The molecule has 0 aromatic carbocycles. The molecule has 0 aromatic heterocycles. The van der Waals surface area contributed by atoms with Crippen molar-refractivity contribution in [2.24, 2.45) is 5.41 Å². The predicted octanol–water partition coefficient (Wildman–Crippen LogP) is 0.451. The second-order valence-electron chi connectivity index (χ2n) is 5.09. The van der Waals surface area contributed by atoms with Crippen molar-refractivity contribution in [1.82, 2.24) is 9.80 Å². The van der Waals surface area contributed by atoms with E-state index in [0.717, 1.165) is 19.5 Å². The Labute approximate surface area is 102 Å². The van der Waals surface area contributed by atoms with Gasteiger partial charge in [-0.15, -0.1) is 0 Å². The monoisotopic (exact) mass is 240 g/mol. The van der Waals surface area contributed by atoms with Crippen LogP contribution in [0.4, 0.5) is 0 Å². The molecule has 5 heteroatoms. The summed E-state index contributed by atoms with van der Waals surface area (Å²) >= 11 is 0. The van der Waals surface area contributed by atoms with Gasteiger partial charge in [0.1, 0.15) is 0 Å². The summed E-state index contributed by atoms with van der Waals surface area (Å²) in [6.07, 6.45) is 1.07. The topological polar surface area (TPSA) is 49.9 Å². The zero-order chi connectivity index (χ0) is 12.5. The zero-order valence-corrected chi connectivity index (χ0v) is 10.6. The van der Waals surface area contributed by atoms with Crippen LogP contribution in [0.2, 0.25) is 0 Å². The number of ether oxygens (including phenoxy) is 1. The fourth-order valence-corrected chi connectivity index (χ4v) is 2.31. The number of amides is 2. The van der Waals surface area contributed by atoms with E-state index in [1.54, 1.807) is 0 Å². The van der Waals surface area contributed by atoms with Gasteiger partial charge in [-0.3, -0.25) is 19.4 Å². The minimum absolute atomic E-state index is 0.0171. The highest BCUT2D eigenvalue weighted by Gasteiger charge is 2.47. The molecule has 2 aliphatic rings. The van der Waals surface area contributed by atoms with Gasteiger partial charge in [-0.1, -0.05) is 13.8 Å². The van der Waals surface area contributed by atoms with Crippen LogP contribution in [0.3, 0.4) is 0 Å². The molecule has 0 N–H and O–H groups in total. The van der Waals surface area contributed by atoms with E-state index >= 15 is 0 Å². The van der Waals surface area contributed by atoms with Crippen LogP contribution in [-0.2, 0) is 14.3 Å². The van der Waals surface area contributed by atoms with Gasteiger partial charge >= 0.3 is 0 Å². The molecule has 2 heterocycles. The smallest absolute Gasteiger partial charge is 0.236 e. The third-order valence-corrected chi connectivity index (χ3v) is 3.83. The largest absolute Gasteiger partial charge is 0.379 e. The van der Waals surface area contributed by atoms with Crippen LogP contribution in [0.15, 0.2) is 0 Å². The van der Waals surface area contributed by atoms with E-state index in [1.165, 1.54) is 4.90 Å². The van der Waals surface area contributed by atoms with Gasteiger partial charge in [-0.05, 0) is 6.42 Å². The van der Waals surface area contributed by atoms with E-state index in [9.17, 15) is 9.59 Å². The van der Waals surface area contributed by atoms with Crippen LogP contribution in [-0.4, -0.2) is 54.6 Å². The summed E-state index contributed by atoms with van der Waals surface area (Å²) in [5, 5.41) is 0. The fourth-order valence-electron chi connectivity index (χ4n) is 2.31. The van der Waals surface area contributed by atoms with Gasteiger partial charge in [-0.25, -0.2) is 0 Å². The lowest BCUT2D eigenvalue weighted by atomic mass is 9.86. The summed E-state index contributed by atoms with van der Waals surface area (Å²) in [5.41, 5.74) is -0.483. The first-order chi connectivity index (χ1) is 8.07. The molecule has 96 valence electrons. The van der Waals surface area contributed by atoms with Crippen molar-refractivity contribution in [1.29, 1.82) is 0 Å². The van der Waals surface area contributed by atoms with Crippen LogP contribution in [0.5, 0.6) is 0 Å². The Kier molecular flexibility index (Phi) is 3.49. The Balaban J connectivity index is 2.01. The standard InChI is InChI=1S/C12H20N2O3/c1-3-12(2)8-10(15)14(11(12)16)9-13-4-6-17-7-5-13/h3-9H2,1-2H3. The fraction of sp³-hybridized carbons (Fsp3) is 0.833. The number of imide groups is 1. The molecule has 2 saturated heterocycles. The van der Waals surface area contributed by atoms with Crippen molar-refractivity contribution in [3.8, 4) is 0 Å². The van der Waals surface area contributed by atoms with Crippen LogP contribution in [0.1, 0.15) is 26.7 Å². The number of rotatable bonds is 3. The van der Waals surface area contributed by atoms with Gasteiger partial charge in [-0.2, -0.15) is 0 Å². The number of morpholine rings is 1. The summed E-state index contributed by atoms with van der Waals surface area (Å²) < 4.78 is 5.25. The second-order valence-corrected chi connectivity index (χ2v) is 5.09. The number of hydrogen-bond acceptors (Lipinski definition) is 4. The molecule has 1 atom stereocenters. The maximum Gasteiger partial charge on any atom is 0.236 e. The average molecular weight is 240 g/mol. The van der Waals surface area contributed by atoms with Gasteiger partial charge in [0.25, 0.3) is 0 Å². The summed E-state index contributed by atoms with van der Waals surface area (Å²) in [5.74, 6) is -0.0534. The van der Waals surface area contributed by atoms with Gasteiger partial charge in [0.2, 0.25) is 11.8 Å². The van der Waals surface area contributed by atoms with Crippen molar-refractivity contribution in [2.45, 2.75) is 26.7 Å². The first-order valence-corrected chi connectivity index (χ1v) is 6.22. The van der Waals surface area contributed by atoms with Crippen molar-refractivity contribution >= 4 is 11.8 Å². The molecule has 1 unspecified atom stereocenters. The number of hydrogen-bond donors (Lipinski definition) is 0. The summed E-state index contributed by atoms with van der Waals surface area (Å²) in [6, 6.07) is 0. The van der Waals surface area contributed by atoms with E-state index in [4.69, 9.17) is 4.74 Å². The maximum absolute atomic E-state index is 12.2. The van der Waals surface area contributed by atoms with Crippen molar-refractivity contribution in [3.63, 3.8) is 0 Å². The Morgan fingerprint density at radius 1 is 1.29 bits per heavy atom. The van der Waals surface area contributed by atoms with E-state index in [1.807, 2.05) is 13.8 Å². The van der Waals surface area contributed by atoms with Gasteiger partial charge in [0.15, 0.2) is 0 Å². The number of nitrogens with zero attached hydrogens (tertiary/aromatic N) is 2. The molecule has 5 nitrogen and oxygen atoms in total. The molecule has 17 heavy (non-hydrogen) atoms. The lowest BCUT2D eigenvalue weighted by Gasteiger charge is -2.30. The van der Waals surface area contributed by atoms with Crippen LogP contribution >= 0.6 is 0 Å². The first-order valence-electron chi connectivity index (χ1n) is 6.22. The number of carbonyl (C=O) groups is 2. The predicted molar refractivity (Wildman–Crippen MR) is 62.1 cm³/mol. The first kappa shape index (κ1) is 12.5. The zero-order valence-electron chi connectivity index (χ0n) is 10.6. The minimum atomic E-state index is -0.483. The highest BCUT2D eigenvalue weighted by Crippen LogP contribution is 2.35. The number of carbonyl (C=O) groups excluding carboxylic acids is 2. The van der Waals surface area contributed by atoms with Crippen LogP contribution in [0.25, 0.3) is 0 Å². The maximum atomic E-state index is 12.2. The molecule has 0 bridgehead atoms. The van der Waals surface area contributed by atoms with E-state index in [-0.39, 0.29) is 11.8 Å². The Morgan fingerprint density at radius 3 is 2.47 bits per heavy atom. The highest BCUT2D eigenvalue weighted by molar-refractivity contribution is 6.05. The molecule has 0 radical (unpaired) electrons. The molecule has 2 rings (SSSR count). The molecule has 0 aliphatic carbocycles. The molecular weight excluding hydrogens is 220 g/mol. The second kappa shape index (κ2) is 4.74. The highest BCUT2D eigenvalue weighted by atomic mass is 16.5. The van der Waals surface area contributed by atoms with Gasteiger partial charge < -0.3 is 4.74 Å². The lowest BCUT2D eigenvalue weighted by Crippen LogP contribution is -2.46. The van der Waals surface area contributed by atoms with Crippen LogP contribution in [0, 0.1) is 5.41 Å². The molecule has 0 spiro atoms. The Bertz CT molecular complexity index is 326. The normalized spacial score (nSPS) is 31.3. The molecule has 2 fully saturated rings. The molecule has 2 amide bonds. The van der Waals surface area contributed by atoms with E-state index < -0.39 is 5.41 Å². The third-order valence-electron chi connectivity index (χ3n) is 3.83. The third kappa shape index (κ3) is 2.35. The van der Waals surface area contributed by atoms with Crippen molar-refractivity contribution < 1.29 is 14.3 Å². The number of likely N-dealkylation sites (tertiary alicyclic amines) is 1. The summed E-state index contributed by atoms with van der Waals surface area (Å²) in [4.78, 5) is 27.6. The van der Waals surface area contributed by atoms with Crippen LogP contribution < -0.4 is 0 Å². The molecular formula is C12H20N2O3. The molecule has 0 aromatic rings. The summed E-state index contributed by atoms with van der Waals surface area (Å²) in [6.45, 7) is 7.22. The van der Waals surface area contributed by atoms with Crippen molar-refractivity contribution in [2.75, 3.05) is 33.0 Å².